The minimum atomic E-state index is -4.74. The Morgan fingerprint density at radius 2 is 2.03 bits per heavy atom. The largest absolute Gasteiger partial charge is 0.467 e. The number of thioether (sulfide) groups is 2. The summed E-state index contributed by atoms with van der Waals surface area (Å²) >= 11 is 14.8. The van der Waals surface area contributed by atoms with E-state index in [2.05, 4.69) is 26.7 Å². The molecule has 3 aromatic heterocycles. The molecule has 0 N–H and O–H groups in total. The molecule has 6 nitrogen and oxygen atoms in total. The lowest BCUT2D eigenvalue weighted by Crippen LogP contribution is -2.09. The number of aliphatic imine (C=N–C) groups is 1. The van der Waals surface area contributed by atoms with E-state index in [0.717, 1.165) is 16.7 Å². The van der Waals surface area contributed by atoms with Gasteiger partial charge >= 0.3 is 12.2 Å². The Morgan fingerprint density at radius 1 is 1.33 bits per heavy atom. The Bertz CT molecular complexity index is 1100. The molecular formula is C17H12Cl2F3N5OS2. The van der Waals surface area contributed by atoms with Gasteiger partial charge in [0, 0.05) is 28.6 Å². The van der Waals surface area contributed by atoms with Crippen LogP contribution in [0.15, 0.2) is 45.0 Å². The second-order valence-corrected chi connectivity index (χ2v) is 8.86. The van der Waals surface area contributed by atoms with Gasteiger partial charge in [0.05, 0.1) is 12.1 Å². The summed E-state index contributed by atoms with van der Waals surface area (Å²) in [4.78, 5) is 16.1. The molecule has 0 atom stereocenters. The van der Waals surface area contributed by atoms with Crippen LogP contribution in [0.2, 0.25) is 5.02 Å². The first-order valence-corrected chi connectivity index (χ1v) is 10.7. The SMILES string of the molecule is C=N/C(=C(/Cl)SCSc1cnc(OC)nc1)c1c(C(F)(F)F)nc2c(Cl)cccn12. The van der Waals surface area contributed by atoms with Gasteiger partial charge in [0.2, 0.25) is 0 Å². The number of hydrogen-bond donors (Lipinski definition) is 0. The van der Waals surface area contributed by atoms with Crippen molar-refractivity contribution < 1.29 is 17.9 Å². The van der Waals surface area contributed by atoms with Crippen LogP contribution in [0.25, 0.3) is 11.3 Å². The highest BCUT2D eigenvalue weighted by Gasteiger charge is 2.39. The zero-order valence-corrected chi connectivity index (χ0v) is 18.3. The molecule has 0 bridgehead atoms. The molecular weight excluding hydrogens is 482 g/mol. The van der Waals surface area contributed by atoms with E-state index in [1.807, 2.05) is 0 Å². The average molecular weight is 494 g/mol. The summed E-state index contributed by atoms with van der Waals surface area (Å²) in [6, 6.07) is 3.18. The third kappa shape index (κ3) is 4.85. The molecule has 0 aromatic carbocycles. The molecule has 0 unspecified atom stereocenters. The third-order valence-corrected chi connectivity index (χ3v) is 6.37. The van der Waals surface area contributed by atoms with E-state index in [9.17, 15) is 13.2 Å². The van der Waals surface area contributed by atoms with Crippen molar-refractivity contribution in [3.63, 3.8) is 0 Å². The highest BCUT2D eigenvalue weighted by Crippen LogP contribution is 2.41. The molecule has 30 heavy (non-hydrogen) atoms. The van der Waals surface area contributed by atoms with Gasteiger partial charge in [-0.1, -0.05) is 23.2 Å². The van der Waals surface area contributed by atoms with Crippen LogP contribution in [0, 0.1) is 0 Å². The first kappa shape index (κ1) is 22.7. The smallest absolute Gasteiger partial charge is 0.435 e. The van der Waals surface area contributed by atoms with Crippen LogP contribution >= 0.6 is 46.7 Å². The van der Waals surface area contributed by atoms with E-state index in [0.29, 0.717) is 5.08 Å². The monoisotopic (exact) mass is 493 g/mol. The molecule has 0 spiro atoms. The Kier molecular flexibility index (Phi) is 7.17. The minimum Gasteiger partial charge on any atom is -0.467 e. The van der Waals surface area contributed by atoms with Gasteiger partial charge in [-0.05, 0) is 18.9 Å². The molecule has 0 radical (unpaired) electrons. The van der Waals surface area contributed by atoms with E-state index in [4.69, 9.17) is 27.9 Å². The van der Waals surface area contributed by atoms with Crippen molar-refractivity contribution in [2.45, 2.75) is 11.1 Å². The Morgan fingerprint density at radius 3 is 2.63 bits per heavy atom. The van der Waals surface area contributed by atoms with Gasteiger partial charge in [0.15, 0.2) is 11.3 Å². The summed E-state index contributed by atoms with van der Waals surface area (Å²) in [6.07, 6.45) is -0.203. The van der Waals surface area contributed by atoms with Gasteiger partial charge < -0.3 is 4.74 Å². The predicted octanol–water partition coefficient (Wildman–Crippen LogP) is 5.85. The highest BCUT2D eigenvalue weighted by atomic mass is 35.5. The molecule has 3 rings (SSSR count). The number of nitrogens with zero attached hydrogens (tertiary/aromatic N) is 5. The number of ether oxygens (including phenoxy) is 1. The highest BCUT2D eigenvalue weighted by molar-refractivity contribution is 8.18. The number of aromatic nitrogens is 4. The van der Waals surface area contributed by atoms with Crippen molar-refractivity contribution in [1.82, 2.24) is 19.4 Å². The number of imidazole rings is 1. The Balaban J connectivity index is 1.93. The molecule has 3 heterocycles. The normalized spacial score (nSPS) is 12.7. The quantitative estimate of drug-likeness (QED) is 0.233. The summed E-state index contributed by atoms with van der Waals surface area (Å²) in [6.45, 7) is 3.39. The van der Waals surface area contributed by atoms with Crippen LogP contribution < -0.4 is 4.74 Å². The van der Waals surface area contributed by atoms with Crippen LogP contribution in [0.3, 0.4) is 0 Å². The number of alkyl halides is 3. The number of halogens is 5. The van der Waals surface area contributed by atoms with Gasteiger partial charge in [0.25, 0.3) is 0 Å². The van der Waals surface area contributed by atoms with Crippen LogP contribution in [0.1, 0.15) is 11.4 Å². The van der Waals surface area contributed by atoms with Crippen molar-refractivity contribution in [2.75, 3.05) is 12.2 Å². The maximum absolute atomic E-state index is 13.6. The van der Waals surface area contributed by atoms with Crippen LogP contribution in [0.5, 0.6) is 6.01 Å². The molecule has 158 valence electrons. The number of hydrogen-bond acceptors (Lipinski definition) is 7. The molecule has 0 aliphatic rings. The van der Waals surface area contributed by atoms with E-state index in [1.54, 1.807) is 12.4 Å². The molecule has 0 aliphatic carbocycles. The Labute approximate surface area is 187 Å². The van der Waals surface area contributed by atoms with Gasteiger partial charge in [-0.15, -0.1) is 23.5 Å². The summed E-state index contributed by atoms with van der Waals surface area (Å²) in [5, 5.41) is 0.434. The fourth-order valence-corrected chi connectivity index (χ4v) is 4.89. The van der Waals surface area contributed by atoms with Crippen molar-refractivity contribution in [2.24, 2.45) is 4.99 Å². The van der Waals surface area contributed by atoms with E-state index in [-0.39, 0.29) is 32.4 Å². The topological polar surface area (TPSA) is 64.7 Å². The fourth-order valence-electron chi connectivity index (χ4n) is 2.39. The molecule has 0 saturated heterocycles. The first-order chi connectivity index (χ1) is 14.3. The molecule has 0 saturated carbocycles. The number of fused-ring (bicyclic) bond motifs is 1. The van der Waals surface area contributed by atoms with Crippen LogP contribution in [0.4, 0.5) is 13.2 Å². The van der Waals surface area contributed by atoms with Crippen molar-refractivity contribution >= 4 is 64.8 Å². The summed E-state index contributed by atoms with van der Waals surface area (Å²) in [7, 11) is 1.45. The van der Waals surface area contributed by atoms with Gasteiger partial charge in [0.1, 0.15) is 15.8 Å². The lowest BCUT2D eigenvalue weighted by molar-refractivity contribution is -0.141. The number of rotatable bonds is 7. The van der Waals surface area contributed by atoms with Gasteiger partial charge in [-0.2, -0.15) is 13.2 Å². The third-order valence-electron chi connectivity index (χ3n) is 3.64. The van der Waals surface area contributed by atoms with E-state index >= 15 is 0 Å². The second kappa shape index (κ2) is 9.46. The molecule has 0 amide bonds. The summed E-state index contributed by atoms with van der Waals surface area (Å²) in [5.41, 5.74) is -1.67. The predicted molar refractivity (Wildman–Crippen MR) is 114 cm³/mol. The number of pyridine rings is 1. The van der Waals surface area contributed by atoms with Crippen LogP contribution in [-0.4, -0.2) is 38.3 Å². The maximum atomic E-state index is 13.6. The lowest BCUT2D eigenvalue weighted by Gasteiger charge is -2.10. The van der Waals surface area contributed by atoms with Gasteiger partial charge in [-0.3, -0.25) is 9.39 Å². The summed E-state index contributed by atoms with van der Waals surface area (Å²) in [5.74, 6) is 0. The molecule has 3 aromatic rings. The molecule has 13 heteroatoms. The minimum absolute atomic E-state index is 0.0270. The van der Waals surface area contributed by atoms with Crippen molar-refractivity contribution in [1.29, 1.82) is 0 Å². The van der Waals surface area contributed by atoms with Gasteiger partial charge in [-0.25, -0.2) is 15.0 Å². The summed E-state index contributed by atoms with van der Waals surface area (Å²) < 4.78 is 47.0. The van der Waals surface area contributed by atoms with Crippen LogP contribution in [-0.2, 0) is 6.18 Å². The standard InChI is InChI=1S/C17H12Cl2F3N5OS2/c1-23-11(14(19)30-8-29-9-6-24-16(28-2)25-7-9)12-13(17(20,21)22)26-15-10(18)4-3-5-27(12)15/h3-7H,1,8H2,2H3/b14-11-. The second-order valence-electron chi connectivity index (χ2n) is 5.45. The van der Waals surface area contributed by atoms with Crippen molar-refractivity contribution in [3.8, 4) is 6.01 Å². The Hall–Kier alpha value is -1.95. The molecule has 0 aliphatic heterocycles. The average Bonchev–Trinajstić information content (AvgIpc) is 3.10. The first-order valence-electron chi connectivity index (χ1n) is 7.98. The maximum Gasteiger partial charge on any atom is 0.435 e. The lowest BCUT2D eigenvalue weighted by atomic mass is 10.2. The number of methoxy groups -OCH3 is 1. The van der Waals surface area contributed by atoms with E-state index in [1.165, 1.54) is 41.6 Å². The zero-order valence-electron chi connectivity index (χ0n) is 15.2. The van der Waals surface area contributed by atoms with Crippen molar-refractivity contribution in [3.05, 3.63) is 51.5 Å². The van der Waals surface area contributed by atoms with E-state index < -0.39 is 11.9 Å². The molecule has 0 fully saturated rings. The zero-order chi connectivity index (χ0) is 21.9. The fraction of sp³-hybridized carbons (Fsp3) is 0.176.